The van der Waals surface area contributed by atoms with E-state index in [0.29, 0.717) is 11.4 Å². The smallest absolute Gasteiger partial charge is 0.338 e. The monoisotopic (exact) mass is 380 g/mol. The lowest BCUT2D eigenvalue weighted by atomic mass is 10.2. The summed E-state index contributed by atoms with van der Waals surface area (Å²) in [7, 11) is -4.17. The van der Waals surface area contributed by atoms with E-state index in [1.54, 1.807) is 6.92 Å². The number of hydrogen-bond acceptors (Lipinski definition) is 5. The quantitative estimate of drug-likeness (QED) is 0.746. The Hall–Kier alpha value is -3.14. The minimum absolute atomic E-state index is 0.114. The Labute approximate surface area is 147 Å². The third-order valence-electron chi connectivity index (χ3n) is 3.64. The van der Waals surface area contributed by atoms with Gasteiger partial charge in [-0.1, -0.05) is 0 Å². The fourth-order valence-electron chi connectivity index (χ4n) is 2.32. The zero-order chi connectivity index (χ0) is 19.1. The van der Waals surface area contributed by atoms with Crippen LogP contribution in [0.2, 0.25) is 0 Å². The molecule has 2 aromatic carbocycles. The van der Waals surface area contributed by atoms with Gasteiger partial charge in [-0.2, -0.15) is 0 Å². The number of fused-ring (bicyclic) bond motifs is 1. The summed E-state index contributed by atoms with van der Waals surface area (Å²) in [6, 6.07) is 6.71. The van der Waals surface area contributed by atoms with Crippen molar-refractivity contribution < 1.29 is 32.2 Å². The summed E-state index contributed by atoms with van der Waals surface area (Å²) in [6.45, 7) is 1.57. The highest BCUT2D eigenvalue weighted by Crippen LogP contribution is 2.33. The van der Waals surface area contributed by atoms with Crippen LogP contribution in [0.15, 0.2) is 41.3 Å². The van der Waals surface area contributed by atoms with Gasteiger partial charge in [-0.25, -0.2) is 17.6 Å². The molecule has 3 rings (SSSR count). The zero-order valence-electron chi connectivity index (χ0n) is 13.3. The molecule has 10 heteroatoms. The Kier molecular flexibility index (Phi) is 4.28. The molecule has 0 radical (unpaired) electrons. The Morgan fingerprint density at radius 1 is 1.27 bits per heavy atom. The number of anilines is 2. The summed E-state index contributed by atoms with van der Waals surface area (Å²) >= 11 is 0. The molecule has 136 valence electrons. The number of ether oxygens (including phenoxy) is 1. The summed E-state index contributed by atoms with van der Waals surface area (Å²) in [5, 5.41) is 11.5. The van der Waals surface area contributed by atoms with E-state index in [1.807, 2.05) is 0 Å². The van der Waals surface area contributed by atoms with Crippen LogP contribution in [0.4, 0.5) is 15.8 Å². The maximum atomic E-state index is 13.4. The standard InChI is InChI=1S/C16H13FN2O6S/c1-8-15(20)18-13-6-9(2-5-14(13)25-8)19-26(23,24)10-3-4-12(17)11(7-10)16(21)22/h2-8,19H,1H3,(H,18,20)(H,21,22). The summed E-state index contributed by atoms with van der Waals surface area (Å²) in [5.41, 5.74) is -0.352. The molecule has 0 saturated carbocycles. The van der Waals surface area contributed by atoms with E-state index in [1.165, 1.54) is 18.2 Å². The first-order valence-electron chi connectivity index (χ1n) is 7.34. The molecule has 3 N–H and O–H groups in total. The molecule has 2 aromatic rings. The molecular formula is C16H13FN2O6S. The number of benzene rings is 2. The molecule has 0 bridgehead atoms. The van der Waals surface area contributed by atoms with Gasteiger partial charge in [0.1, 0.15) is 11.6 Å². The molecule has 0 aliphatic carbocycles. The number of amides is 1. The second-order valence-electron chi connectivity index (χ2n) is 5.51. The number of halogens is 1. The largest absolute Gasteiger partial charge is 0.479 e. The molecule has 1 aliphatic rings. The number of nitrogens with one attached hydrogen (secondary N) is 2. The molecule has 1 amide bonds. The van der Waals surface area contributed by atoms with Crippen molar-refractivity contribution in [1.29, 1.82) is 0 Å². The molecule has 0 fully saturated rings. The van der Waals surface area contributed by atoms with Crippen LogP contribution in [0.3, 0.4) is 0 Å². The molecular weight excluding hydrogens is 367 g/mol. The third kappa shape index (κ3) is 3.31. The van der Waals surface area contributed by atoms with Gasteiger partial charge in [-0.05, 0) is 43.3 Å². The highest BCUT2D eigenvalue weighted by molar-refractivity contribution is 7.92. The average Bonchev–Trinajstić information content (AvgIpc) is 2.56. The van der Waals surface area contributed by atoms with Crippen LogP contribution >= 0.6 is 0 Å². The average molecular weight is 380 g/mol. The van der Waals surface area contributed by atoms with Gasteiger partial charge in [0.15, 0.2) is 6.10 Å². The highest BCUT2D eigenvalue weighted by Gasteiger charge is 2.25. The van der Waals surface area contributed by atoms with E-state index in [2.05, 4.69) is 10.0 Å². The molecule has 0 saturated heterocycles. The van der Waals surface area contributed by atoms with Crippen molar-refractivity contribution >= 4 is 33.3 Å². The van der Waals surface area contributed by atoms with Crippen molar-refractivity contribution in [3.8, 4) is 5.75 Å². The van der Waals surface area contributed by atoms with Gasteiger partial charge in [0, 0.05) is 0 Å². The van der Waals surface area contributed by atoms with Crippen molar-refractivity contribution in [1.82, 2.24) is 0 Å². The summed E-state index contributed by atoms with van der Waals surface area (Å²) in [6.07, 6.45) is -0.668. The number of sulfonamides is 1. The van der Waals surface area contributed by atoms with Crippen LogP contribution < -0.4 is 14.8 Å². The zero-order valence-corrected chi connectivity index (χ0v) is 14.1. The van der Waals surface area contributed by atoms with E-state index >= 15 is 0 Å². The van der Waals surface area contributed by atoms with Crippen LogP contribution in [-0.4, -0.2) is 31.5 Å². The minimum Gasteiger partial charge on any atom is -0.479 e. The van der Waals surface area contributed by atoms with Gasteiger partial charge >= 0.3 is 5.97 Å². The van der Waals surface area contributed by atoms with E-state index < -0.39 is 38.4 Å². The van der Waals surface area contributed by atoms with Crippen LogP contribution in [0.5, 0.6) is 5.75 Å². The van der Waals surface area contributed by atoms with Gasteiger partial charge in [0.2, 0.25) is 0 Å². The Morgan fingerprint density at radius 3 is 2.69 bits per heavy atom. The van der Waals surface area contributed by atoms with Crippen LogP contribution in [0.25, 0.3) is 0 Å². The van der Waals surface area contributed by atoms with E-state index in [4.69, 9.17) is 9.84 Å². The lowest BCUT2D eigenvalue weighted by molar-refractivity contribution is -0.122. The number of carbonyl (C=O) groups is 2. The van der Waals surface area contributed by atoms with Gasteiger partial charge < -0.3 is 15.2 Å². The van der Waals surface area contributed by atoms with E-state index in [9.17, 15) is 22.4 Å². The summed E-state index contributed by atoms with van der Waals surface area (Å²) in [4.78, 5) is 22.2. The molecule has 26 heavy (non-hydrogen) atoms. The second-order valence-corrected chi connectivity index (χ2v) is 7.19. The highest BCUT2D eigenvalue weighted by atomic mass is 32.2. The number of rotatable bonds is 4. The molecule has 1 heterocycles. The van der Waals surface area contributed by atoms with Gasteiger partial charge in [0.05, 0.1) is 21.8 Å². The first kappa shape index (κ1) is 17.7. The lowest BCUT2D eigenvalue weighted by Crippen LogP contribution is -2.34. The van der Waals surface area contributed by atoms with Gasteiger partial charge in [-0.15, -0.1) is 0 Å². The predicted molar refractivity (Wildman–Crippen MR) is 89.3 cm³/mol. The topological polar surface area (TPSA) is 122 Å². The van der Waals surface area contributed by atoms with Crippen LogP contribution in [-0.2, 0) is 14.8 Å². The number of hydrogen-bond donors (Lipinski definition) is 3. The van der Waals surface area contributed by atoms with Crippen molar-refractivity contribution in [2.45, 2.75) is 17.9 Å². The minimum atomic E-state index is -4.17. The first-order valence-corrected chi connectivity index (χ1v) is 8.83. The first-order chi connectivity index (χ1) is 12.2. The van der Waals surface area contributed by atoms with Crippen molar-refractivity contribution in [3.63, 3.8) is 0 Å². The van der Waals surface area contributed by atoms with Gasteiger partial charge in [0.25, 0.3) is 15.9 Å². The number of carboxylic acid groups (broad SMARTS) is 1. The van der Waals surface area contributed by atoms with Crippen molar-refractivity contribution in [2.24, 2.45) is 0 Å². The van der Waals surface area contributed by atoms with Crippen LogP contribution in [0.1, 0.15) is 17.3 Å². The molecule has 0 aromatic heterocycles. The van der Waals surface area contributed by atoms with Crippen molar-refractivity contribution in [2.75, 3.05) is 10.0 Å². The predicted octanol–water partition coefficient (Wildman–Crippen LogP) is 2.04. The summed E-state index contributed by atoms with van der Waals surface area (Å²) in [5.74, 6) is -2.61. The number of aromatic carboxylic acids is 1. The molecule has 1 aliphatic heterocycles. The molecule has 1 unspecified atom stereocenters. The lowest BCUT2D eigenvalue weighted by Gasteiger charge is -2.23. The molecule has 8 nitrogen and oxygen atoms in total. The third-order valence-corrected chi connectivity index (χ3v) is 5.02. The molecule has 1 atom stereocenters. The van der Waals surface area contributed by atoms with E-state index in [-0.39, 0.29) is 11.6 Å². The maximum Gasteiger partial charge on any atom is 0.338 e. The maximum absolute atomic E-state index is 13.4. The van der Waals surface area contributed by atoms with Crippen LogP contribution in [0, 0.1) is 5.82 Å². The number of carboxylic acids is 1. The van der Waals surface area contributed by atoms with Gasteiger partial charge in [-0.3, -0.25) is 9.52 Å². The second kappa shape index (κ2) is 6.30. The summed E-state index contributed by atoms with van der Waals surface area (Å²) < 4.78 is 45.9. The SMILES string of the molecule is CC1Oc2ccc(NS(=O)(=O)c3ccc(F)c(C(=O)O)c3)cc2NC1=O. The molecule has 0 spiro atoms. The fourth-order valence-corrected chi connectivity index (χ4v) is 3.40. The van der Waals surface area contributed by atoms with Crippen molar-refractivity contribution in [3.05, 3.63) is 47.8 Å². The Bertz CT molecular complexity index is 1020. The Morgan fingerprint density at radius 2 is 2.00 bits per heavy atom. The number of carbonyl (C=O) groups excluding carboxylic acids is 1. The van der Waals surface area contributed by atoms with E-state index in [0.717, 1.165) is 18.2 Å². The fraction of sp³-hybridized carbons (Fsp3) is 0.125. The normalized spacial score (nSPS) is 16.2. The Balaban J connectivity index is 1.91.